The number of nitrogens with one attached hydrogen (secondary N) is 1. The molecule has 0 aromatic carbocycles. The van der Waals surface area contributed by atoms with Crippen molar-refractivity contribution in [3.05, 3.63) is 0 Å². The molecule has 1 rings (SSSR count). The van der Waals surface area contributed by atoms with Crippen LogP contribution in [0.4, 0.5) is 0 Å². The van der Waals surface area contributed by atoms with E-state index in [0.717, 1.165) is 19.1 Å². The highest BCUT2D eigenvalue weighted by molar-refractivity contribution is 4.69. The Labute approximate surface area is 108 Å². The van der Waals surface area contributed by atoms with Gasteiger partial charge in [0.15, 0.2) is 0 Å². The fourth-order valence-electron chi connectivity index (χ4n) is 2.48. The fourth-order valence-corrected chi connectivity index (χ4v) is 2.48. The van der Waals surface area contributed by atoms with Crippen molar-refractivity contribution in [2.75, 3.05) is 19.7 Å². The maximum absolute atomic E-state index is 5.94. The first-order chi connectivity index (χ1) is 8.33. The quantitative estimate of drug-likeness (QED) is 0.621. The van der Waals surface area contributed by atoms with Crippen molar-refractivity contribution in [2.24, 2.45) is 5.92 Å². The molecule has 0 atom stereocenters. The predicted octanol–water partition coefficient (Wildman–Crippen LogP) is 3.75. The van der Waals surface area contributed by atoms with Gasteiger partial charge in [-0.15, -0.1) is 0 Å². The SMILES string of the molecule is CCCNCCCCCOC1CCC(C)CC1. The second-order valence-corrected chi connectivity index (χ2v) is 5.56. The summed E-state index contributed by atoms with van der Waals surface area (Å²) in [6, 6.07) is 0. The number of ether oxygens (including phenoxy) is 1. The van der Waals surface area contributed by atoms with Gasteiger partial charge in [0.2, 0.25) is 0 Å². The minimum absolute atomic E-state index is 0.574. The minimum atomic E-state index is 0.574. The van der Waals surface area contributed by atoms with E-state index in [4.69, 9.17) is 4.74 Å². The number of hydrogen-bond donors (Lipinski definition) is 1. The topological polar surface area (TPSA) is 21.3 Å². The van der Waals surface area contributed by atoms with Crippen LogP contribution in [0.15, 0.2) is 0 Å². The smallest absolute Gasteiger partial charge is 0.0575 e. The summed E-state index contributed by atoms with van der Waals surface area (Å²) in [6.07, 6.45) is 11.0. The molecule has 2 nitrogen and oxygen atoms in total. The Morgan fingerprint density at radius 2 is 1.76 bits per heavy atom. The van der Waals surface area contributed by atoms with Gasteiger partial charge < -0.3 is 10.1 Å². The van der Waals surface area contributed by atoms with Crippen LogP contribution in [0.1, 0.15) is 65.2 Å². The molecule has 1 N–H and O–H groups in total. The van der Waals surface area contributed by atoms with E-state index >= 15 is 0 Å². The zero-order valence-electron chi connectivity index (χ0n) is 11.8. The van der Waals surface area contributed by atoms with E-state index in [2.05, 4.69) is 19.2 Å². The van der Waals surface area contributed by atoms with Gasteiger partial charge in [-0.25, -0.2) is 0 Å². The average molecular weight is 241 g/mol. The number of unbranched alkanes of at least 4 members (excludes halogenated alkanes) is 2. The maximum atomic E-state index is 5.94. The van der Waals surface area contributed by atoms with Crippen molar-refractivity contribution < 1.29 is 4.74 Å². The average Bonchev–Trinajstić information content (AvgIpc) is 2.35. The van der Waals surface area contributed by atoms with Gasteiger partial charge in [0, 0.05) is 6.61 Å². The van der Waals surface area contributed by atoms with Gasteiger partial charge in [0.1, 0.15) is 0 Å². The summed E-state index contributed by atoms with van der Waals surface area (Å²) >= 11 is 0. The van der Waals surface area contributed by atoms with E-state index < -0.39 is 0 Å². The highest BCUT2D eigenvalue weighted by atomic mass is 16.5. The molecule has 0 heterocycles. The third kappa shape index (κ3) is 7.77. The van der Waals surface area contributed by atoms with Crippen LogP contribution in [-0.2, 0) is 4.74 Å². The molecule has 0 aliphatic heterocycles. The van der Waals surface area contributed by atoms with Crippen LogP contribution in [0.25, 0.3) is 0 Å². The molecule has 1 aliphatic carbocycles. The van der Waals surface area contributed by atoms with Gasteiger partial charge in [0.25, 0.3) is 0 Å². The molecule has 17 heavy (non-hydrogen) atoms. The lowest BCUT2D eigenvalue weighted by atomic mass is 9.89. The predicted molar refractivity (Wildman–Crippen MR) is 74.4 cm³/mol. The van der Waals surface area contributed by atoms with Crippen LogP contribution in [-0.4, -0.2) is 25.8 Å². The van der Waals surface area contributed by atoms with Crippen LogP contribution >= 0.6 is 0 Å². The number of hydrogen-bond acceptors (Lipinski definition) is 2. The molecule has 1 fully saturated rings. The monoisotopic (exact) mass is 241 g/mol. The second-order valence-electron chi connectivity index (χ2n) is 5.56. The second kappa shape index (κ2) is 9.90. The zero-order chi connectivity index (χ0) is 12.3. The van der Waals surface area contributed by atoms with Gasteiger partial charge >= 0.3 is 0 Å². The summed E-state index contributed by atoms with van der Waals surface area (Å²) in [4.78, 5) is 0. The van der Waals surface area contributed by atoms with E-state index in [1.165, 1.54) is 57.9 Å². The lowest BCUT2D eigenvalue weighted by molar-refractivity contribution is 0.0179. The summed E-state index contributed by atoms with van der Waals surface area (Å²) in [5.41, 5.74) is 0. The molecule has 2 heteroatoms. The molecule has 0 aromatic heterocycles. The third-order valence-electron chi connectivity index (χ3n) is 3.74. The molecule has 0 unspecified atom stereocenters. The Morgan fingerprint density at radius 1 is 1.00 bits per heavy atom. The number of rotatable bonds is 9. The fraction of sp³-hybridized carbons (Fsp3) is 1.00. The molecule has 0 radical (unpaired) electrons. The Hall–Kier alpha value is -0.0800. The van der Waals surface area contributed by atoms with Crippen LogP contribution < -0.4 is 5.32 Å². The van der Waals surface area contributed by atoms with Crippen molar-refractivity contribution in [2.45, 2.75) is 71.3 Å². The van der Waals surface area contributed by atoms with E-state index in [9.17, 15) is 0 Å². The van der Waals surface area contributed by atoms with Gasteiger partial charge in [0.05, 0.1) is 6.10 Å². The Bertz CT molecular complexity index is 164. The van der Waals surface area contributed by atoms with E-state index in [1.54, 1.807) is 0 Å². The largest absolute Gasteiger partial charge is 0.378 e. The maximum Gasteiger partial charge on any atom is 0.0575 e. The van der Waals surface area contributed by atoms with Crippen molar-refractivity contribution in [1.29, 1.82) is 0 Å². The van der Waals surface area contributed by atoms with Crippen LogP contribution in [0.2, 0.25) is 0 Å². The summed E-state index contributed by atoms with van der Waals surface area (Å²) in [5, 5.41) is 3.44. The normalized spacial score (nSPS) is 25.1. The first-order valence-corrected chi connectivity index (χ1v) is 7.65. The molecule has 0 aromatic rings. The van der Waals surface area contributed by atoms with Gasteiger partial charge in [-0.2, -0.15) is 0 Å². The molecule has 0 spiro atoms. The summed E-state index contributed by atoms with van der Waals surface area (Å²) in [5.74, 6) is 0.930. The zero-order valence-corrected chi connectivity index (χ0v) is 11.8. The van der Waals surface area contributed by atoms with Crippen LogP contribution in [0.3, 0.4) is 0 Å². The van der Waals surface area contributed by atoms with Crippen molar-refractivity contribution in [3.63, 3.8) is 0 Å². The minimum Gasteiger partial charge on any atom is -0.378 e. The lowest BCUT2D eigenvalue weighted by Gasteiger charge is -2.26. The Kier molecular flexibility index (Phi) is 8.72. The van der Waals surface area contributed by atoms with Crippen molar-refractivity contribution >= 4 is 0 Å². The first-order valence-electron chi connectivity index (χ1n) is 7.65. The van der Waals surface area contributed by atoms with Crippen molar-refractivity contribution in [1.82, 2.24) is 5.32 Å². The molecule has 102 valence electrons. The molecule has 0 saturated heterocycles. The molecule has 1 saturated carbocycles. The van der Waals surface area contributed by atoms with Crippen LogP contribution in [0.5, 0.6) is 0 Å². The van der Waals surface area contributed by atoms with E-state index in [1.807, 2.05) is 0 Å². The highest BCUT2D eigenvalue weighted by Gasteiger charge is 2.17. The van der Waals surface area contributed by atoms with E-state index in [-0.39, 0.29) is 0 Å². The highest BCUT2D eigenvalue weighted by Crippen LogP contribution is 2.25. The third-order valence-corrected chi connectivity index (χ3v) is 3.74. The van der Waals surface area contributed by atoms with Gasteiger partial charge in [-0.3, -0.25) is 0 Å². The molecule has 0 bridgehead atoms. The lowest BCUT2D eigenvalue weighted by Crippen LogP contribution is -2.21. The molecule has 1 aliphatic rings. The standard InChI is InChI=1S/C15H31NO/c1-3-11-16-12-5-4-6-13-17-15-9-7-14(2)8-10-15/h14-16H,3-13H2,1-2H3. The molecule has 0 amide bonds. The Morgan fingerprint density at radius 3 is 2.47 bits per heavy atom. The summed E-state index contributed by atoms with van der Waals surface area (Å²) in [7, 11) is 0. The Balaban J connectivity index is 1.81. The molecular weight excluding hydrogens is 210 g/mol. The van der Waals surface area contributed by atoms with E-state index in [0.29, 0.717) is 6.10 Å². The van der Waals surface area contributed by atoms with Gasteiger partial charge in [-0.05, 0) is 70.4 Å². The van der Waals surface area contributed by atoms with Gasteiger partial charge in [-0.1, -0.05) is 13.8 Å². The summed E-state index contributed by atoms with van der Waals surface area (Å²) < 4.78 is 5.94. The van der Waals surface area contributed by atoms with Crippen molar-refractivity contribution in [3.8, 4) is 0 Å². The summed E-state index contributed by atoms with van der Waals surface area (Å²) in [6.45, 7) is 7.89. The first kappa shape index (κ1) is 15.0. The molecular formula is C15H31NO. The van der Waals surface area contributed by atoms with Crippen LogP contribution in [0, 0.1) is 5.92 Å².